The molecule has 0 spiro atoms. The summed E-state index contributed by atoms with van der Waals surface area (Å²) in [6, 6.07) is 14.7. The van der Waals surface area contributed by atoms with Crippen LogP contribution in [-0.2, 0) is 4.79 Å². The molecule has 3 rings (SSSR count). The second kappa shape index (κ2) is 10.8. The number of carbonyl (C=O) groups excluding carboxylic acids is 2. The lowest BCUT2D eigenvalue weighted by Gasteiger charge is -2.34. The highest BCUT2D eigenvalue weighted by molar-refractivity contribution is 6.04. The number of Topliss-reactive ketones (excluding diaryl/α,β-unsaturated/α-hetero) is 1. The van der Waals surface area contributed by atoms with Crippen molar-refractivity contribution in [1.82, 2.24) is 9.80 Å². The van der Waals surface area contributed by atoms with Crippen LogP contribution in [0.25, 0.3) is 0 Å². The lowest BCUT2D eigenvalue weighted by molar-refractivity contribution is -0.117. The van der Waals surface area contributed by atoms with E-state index in [0.29, 0.717) is 24.4 Å². The molecule has 1 aliphatic heterocycles. The maximum Gasteiger partial charge on any atom is 0.238 e. The Balaban J connectivity index is 1.37. The minimum atomic E-state index is -0.0972. The van der Waals surface area contributed by atoms with E-state index in [1.165, 1.54) is 6.92 Å². The second-order valence-corrected chi connectivity index (χ2v) is 7.29. The van der Waals surface area contributed by atoms with Gasteiger partial charge in [0.05, 0.1) is 19.3 Å². The SMILES string of the molecule is COc1ccc(OCCN2CCN(CC(=O)Nc3ccccc3C(C)=O)CC2)cc1. The number of nitrogens with zero attached hydrogens (tertiary/aromatic N) is 2. The summed E-state index contributed by atoms with van der Waals surface area (Å²) in [5, 5.41) is 2.87. The molecule has 7 heteroatoms. The Bertz CT molecular complexity index is 846. The normalized spacial score (nSPS) is 14.9. The molecule has 160 valence electrons. The van der Waals surface area contributed by atoms with Crippen molar-refractivity contribution in [3.05, 3.63) is 54.1 Å². The zero-order chi connectivity index (χ0) is 21.3. The Labute approximate surface area is 177 Å². The topological polar surface area (TPSA) is 71.1 Å². The average Bonchev–Trinajstić information content (AvgIpc) is 2.75. The molecule has 2 aromatic rings. The van der Waals surface area contributed by atoms with Crippen LogP contribution in [0.5, 0.6) is 11.5 Å². The van der Waals surface area contributed by atoms with Crippen LogP contribution in [0.3, 0.4) is 0 Å². The lowest BCUT2D eigenvalue weighted by atomic mass is 10.1. The number of nitrogens with one attached hydrogen (secondary N) is 1. The number of anilines is 1. The molecular formula is C23H29N3O4. The molecule has 2 aromatic carbocycles. The van der Waals surface area contributed by atoms with Gasteiger partial charge in [-0.1, -0.05) is 12.1 Å². The highest BCUT2D eigenvalue weighted by Gasteiger charge is 2.19. The van der Waals surface area contributed by atoms with Gasteiger partial charge in [-0.2, -0.15) is 0 Å². The van der Waals surface area contributed by atoms with Crippen LogP contribution in [-0.4, -0.2) is 74.5 Å². The molecule has 0 aliphatic carbocycles. The molecule has 30 heavy (non-hydrogen) atoms. The van der Waals surface area contributed by atoms with Gasteiger partial charge in [0.2, 0.25) is 5.91 Å². The van der Waals surface area contributed by atoms with Crippen LogP contribution in [0.2, 0.25) is 0 Å². The number of para-hydroxylation sites is 1. The number of hydrogen-bond acceptors (Lipinski definition) is 6. The Kier molecular flexibility index (Phi) is 7.82. The Morgan fingerprint density at radius 1 is 0.933 bits per heavy atom. The van der Waals surface area contributed by atoms with Crippen molar-refractivity contribution in [3.8, 4) is 11.5 Å². The van der Waals surface area contributed by atoms with Gasteiger partial charge >= 0.3 is 0 Å². The summed E-state index contributed by atoms with van der Waals surface area (Å²) in [5.74, 6) is 1.49. The van der Waals surface area contributed by atoms with E-state index in [9.17, 15) is 9.59 Å². The first-order valence-electron chi connectivity index (χ1n) is 10.2. The van der Waals surface area contributed by atoms with E-state index in [1.807, 2.05) is 30.3 Å². The van der Waals surface area contributed by atoms with Gasteiger partial charge < -0.3 is 14.8 Å². The van der Waals surface area contributed by atoms with Crippen molar-refractivity contribution < 1.29 is 19.1 Å². The van der Waals surface area contributed by atoms with Gasteiger partial charge in [0.15, 0.2) is 5.78 Å². The van der Waals surface area contributed by atoms with E-state index in [2.05, 4.69) is 15.1 Å². The fraction of sp³-hybridized carbons (Fsp3) is 0.391. The van der Waals surface area contributed by atoms with Crippen LogP contribution in [0.1, 0.15) is 17.3 Å². The highest BCUT2D eigenvalue weighted by atomic mass is 16.5. The van der Waals surface area contributed by atoms with Gasteiger partial charge in [-0.3, -0.25) is 19.4 Å². The van der Waals surface area contributed by atoms with Crippen molar-refractivity contribution in [2.45, 2.75) is 6.92 Å². The fourth-order valence-corrected chi connectivity index (χ4v) is 3.43. The van der Waals surface area contributed by atoms with Gasteiger partial charge in [0.25, 0.3) is 0 Å². The molecule has 0 aromatic heterocycles. The number of methoxy groups -OCH3 is 1. The van der Waals surface area contributed by atoms with Crippen LogP contribution in [0, 0.1) is 0 Å². The summed E-state index contributed by atoms with van der Waals surface area (Å²) in [4.78, 5) is 28.6. The molecule has 0 unspecified atom stereocenters. The van der Waals surface area contributed by atoms with Gasteiger partial charge in [-0.15, -0.1) is 0 Å². The van der Waals surface area contributed by atoms with E-state index >= 15 is 0 Å². The third kappa shape index (κ3) is 6.30. The maximum atomic E-state index is 12.4. The first kappa shape index (κ1) is 21.8. The van der Waals surface area contributed by atoms with Crippen LogP contribution in [0.4, 0.5) is 5.69 Å². The molecule has 0 atom stereocenters. The monoisotopic (exact) mass is 411 g/mol. The van der Waals surface area contributed by atoms with E-state index in [1.54, 1.807) is 25.3 Å². The summed E-state index contributed by atoms with van der Waals surface area (Å²) < 4.78 is 10.9. The third-order valence-electron chi connectivity index (χ3n) is 5.15. The number of benzene rings is 2. The minimum Gasteiger partial charge on any atom is -0.497 e. The fourth-order valence-electron chi connectivity index (χ4n) is 3.43. The van der Waals surface area contributed by atoms with E-state index in [-0.39, 0.29) is 11.7 Å². The smallest absolute Gasteiger partial charge is 0.238 e. The van der Waals surface area contributed by atoms with Gasteiger partial charge in [-0.05, 0) is 43.3 Å². The van der Waals surface area contributed by atoms with E-state index in [0.717, 1.165) is 44.2 Å². The summed E-state index contributed by atoms with van der Waals surface area (Å²) in [6.07, 6.45) is 0. The quantitative estimate of drug-likeness (QED) is 0.640. The van der Waals surface area contributed by atoms with Crippen molar-refractivity contribution in [1.29, 1.82) is 0 Å². The number of carbonyl (C=O) groups is 2. The first-order chi connectivity index (χ1) is 14.5. The minimum absolute atomic E-state index is 0.0589. The summed E-state index contributed by atoms with van der Waals surface area (Å²) in [6.45, 7) is 6.72. The molecule has 1 saturated heterocycles. The van der Waals surface area contributed by atoms with Crippen LogP contribution < -0.4 is 14.8 Å². The molecular weight excluding hydrogens is 382 g/mol. The number of piperazine rings is 1. The Morgan fingerprint density at radius 2 is 1.57 bits per heavy atom. The van der Waals surface area contributed by atoms with Crippen molar-refractivity contribution in [2.75, 3.05) is 58.3 Å². The standard InChI is InChI=1S/C23H29N3O4/c1-18(27)21-5-3-4-6-22(21)24-23(28)17-26-13-11-25(12-14-26)15-16-30-20-9-7-19(29-2)8-10-20/h3-10H,11-17H2,1-2H3,(H,24,28). The third-order valence-corrected chi connectivity index (χ3v) is 5.15. The molecule has 0 saturated carbocycles. The van der Waals surface area contributed by atoms with Gasteiger partial charge in [-0.25, -0.2) is 0 Å². The number of ether oxygens (including phenoxy) is 2. The number of amides is 1. The number of hydrogen-bond donors (Lipinski definition) is 1. The molecule has 1 fully saturated rings. The molecule has 0 radical (unpaired) electrons. The molecule has 1 N–H and O–H groups in total. The van der Waals surface area contributed by atoms with Crippen molar-refractivity contribution >= 4 is 17.4 Å². The van der Waals surface area contributed by atoms with Gasteiger partial charge in [0, 0.05) is 38.3 Å². The summed E-state index contributed by atoms with van der Waals surface area (Å²) >= 11 is 0. The zero-order valence-electron chi connectivity index (χ0n) is 17.6. The highest BCUT2D eigenvalue weighted by Crippen LogP contribution is 2.17. The Morgan fingerprint density at radius 3 is 2.23 bits per heavy atom. The zero-order valence-corrected chi connectivity index (χ0v) is 17.6. The molecule has 7 nitrogen and oxygen atoms in total. The van der Waals surface area contributed by atoms with Crippen LogP contribution in [0.15, 0.2) is 48.5 Å². The largest absolute Gasteiger partial charge is 0.497 e. The lowest BCUT2D eigenvalue weighted by Crippen LogP contribution is -2.49. The molecule has 1 heterocycles. The number of ketones is 1. The molecule has 1 amide bonds. The Hall–Kier alpha value is -2.90. The van der Waals surface area contributed by atoms with Crippen molar-refractivity contribution in [3.63, 3.8) is 0 Å². The average molecular weight is 412 g/mol. The summed E-state index contributed by atoms with van der Waals surface area (Å²) in [5.41, 5.74) is 1.11. The van der Waals surface area contributed by atoms with Gasteiger partial charge in [0.1, 0.15) is 18.1 Å². The van der Waals surface area contributed by atoms with E-state index in [4.69, 9.17) is 9.47 Å². The number of rotatable bonds is 9. The second-order valence-electron chi connectivity index (χ2n) is 7.29. The van der Waals surface area contributed by atoms with Crippen LogP contribution >= 0.6 is 0 Å². The van der Waals surface area contributed by atoms with E-state index < -0.39 is 0 Å². The maximum absolute atomic E-state index is 12.4. The predicted molar refractivity (Wildman–Crippen MR) is 116 cm³/mol. The first-order valence-corrected chi connectivity index (χ1v) is 10.2. The predicted octanol–water partition coefficient (Wildman–Crippen LogP) is 2.53. The molecule has 0 bridgehead atoms. The summed E-state index contributed by atoms with van der Waals surface area (Å²) in [7, 11) is 1.64. The molecule has 1 aliphatic rings. The van der Waals surface area contributed by atoms with Crippen molar-refractivity contribution in [2.24, 2.45) is 0 Å².